The Bertz CT molecular complexity index is 1580. The minimum absolute atomic E-state index is 0.178. The number of fused-ring (bicyclic) bond motifs is 6. The summed E-state index contributed by atoms with van der Waals surface area (Å²) in [6.45, 7) is 4.96. The molecule has 41 heavy (non-hydrogen) atoms. The van der Waals surface area contributed by atoms with Gasteiger partial charge in [0.2, 0.25) is 5.91 Å². The molecule has 0 aliphatic carbocycles. The lowest BCUT2D eigenvalue weighted by atomic mass is 9.77. The number of amides is 1. The Morgan fingerprint density at radius 2 is 1.61 bits per heavy atom. The van der Waals surface area contributed by atoms with Crippen molar-refractivity contribution in [3.63, 3.8) is 0 Å². The molecule has 6 rings (SSSR count). The SMILES string of the molecule is COc1ccc2c(c1)Oc1cc(OCc3ccc(NC(=O)[C@@H](N)CC(C)C)cc3)ccc1C21OCc2ccccc21. The number of nitrogens with one attached hydrogen (secondary N) is 1. The minimum atomic E-state index is -0.776. The van der Waals surface area contributed by atoms with Crippen LogP contribution in [0.3, 0.4) is 0 Å². The summed E-state index contributed by atoms with van der Waals surface area (Å²) < 4.78 is 24.7. The Labute approximate surface area is 240 Å². The Balaban J connectivity index is 1.22. The van der Waals surface area contributed by atoms with Crippen molar-refractivity contribution < 1.29 is 23.7 Å². The van der Waals surface area contributed by atoms with Crippen LogP contribution in [0.1, 0.15) is 48.1 Å². The highest BCUT2D eigenvalue weighted by Crippen LogP contribution is 2.57. The largest absolute Gasteiger partial charge is 0.497 e. The van der Waals surface area contributed by atoms with Crippen LogP contribution in [0.2, 0.25) is 0 Å². The first-order valence-corrected chi connectivity index (χ1v) is 13.9. The molecule has 0 radical (unpaired) electrons. The third-order valence-electron chi connectivity index (χ3n) is 7.65. The van der Waals surface area contributed by atoms with E-state index in [1.807, 2.05) is 86.6 Å². The van der Waals surface area contributed by atoms with Crippen molar-refractivity contribution in [2.75, 3.05) is 12.4 Å². The first-order valence-electron chi connectivity index (χ1n) is 13.9. The predicted octanol–water partition coefficient (Wildman–Crippen LogP) is 6.51. The molecule has 7 heteroatoms. The summed E-state index contributed by atoms with van der Waals surface area (Å²) in [4.78, 5) is 12.3. The van der Waals surface area contributed by atoms with E-state index in [0.29, 0.717) is 54.2 Å². The molecule has 1 spiro atoms. The maximum absolute atomic E-state index is 12.3. The van der Waals surface area contributed by atoms with E-state index in [1.54, 1.807) is 7.11 Å². The predicted molar refractivity (Wildman–Crippen MR) is 157 cm³/mol. The van der Waals surface area contributed by atoms with Crippen LogP contribution in [0.25, 0.3) is 0 Å². The highest BCUT2D eigenvalue weighted by atomic mass is 16.5. The molecule has 2 aliphatic heterocycles. The van der Waals surface area contributed by atoms with Crippen LogP contribution in [0.15, 0.2) is 84.9 Å². The average Bonchev–Trinajstić information content (AvgIpc) is 3.36. The average molecular weight is 551 g/mol. The van der Waals surface area contributed by atoms with Crippen LogP contribution >= 0.6 is 0 Å². The molecule has 4 aromatic carbocycles. The van der Waals surface area contributed by atoms with Gasteiger partial charge in [0.05, 0.1) is 19.8 Å². The van der Waals surface area contributed by atoms with Crippen molar-refractivity contribution in [2.45, 2.75) is 45.1 Å². The van der Waals surface area contributed by atoms with Gasteiger partial charge in [-0.05, 0) is 65.4 Å². The molecular formula is C34H34N2O5. The maximum atomic E-state index is 12.3. The van der Waals surface area contributed by atoms with Crippen LogP contribution in [-0.4, -0.2) is 19.1 Å². The summed E-state index contributed by atoms with van der Waals surface area (Å²) in [5, 5.41) is 2.89. The zero-order valence-corrected chi connectivity index (χ0v) is 23.5. The third kappa shape index (κ3) is 5.03. The van der Waals surface area contributed by atoms with Gasteiger partial charge in [-0.2, -0.15) is 0 Å². The molecule has 2 atom stereocenters. The summed E-state index contributed by atoms with van der Waals surface area (Å²) in [5.74, 6) is 2.93. The Kier molecular flexibility index (Phi) is 7.15. The highest BCUT2D eigenvalue weighted by molar-refractivity contribution is 5.94. The maximum Gasteiger partial charge on any atom is 0.241 e. The van der Waals surface area contributed by atoms with E-state index in [4.69, 9.17) is 24.7 Å². The number of ether oxygens (including phenoxy) is 4. The van der Waals surface area contributed by atoms with Crippen molar-refractivity contribution >= 4 is 11.6 Å². The number of rotatable bonds is 8. The molecule has 1 unspecified atom stereocenters. The van der Waals surface area contributed by atoms with E-state index < -0.39 is 11.6 Å². The van der Waals surface area contributed by atoms with Crippen molar-refractivity contribution in [1.82, 2.24) is 0 Å². The first kappa shape index (κ1) is 26.9. The number of benzene rings is 4. The van der Waals surface area contributed by atoms with Crippen LogP contribution < -0.4 is 25.3 Å². The molecule has 0 aromatic heterocycles. The second-order valence-electron chi connectivity index (χ2n) is 11.0. The molecule has 0 saturated carbocycles. The molecule has 2 aliphatic rings. The Morgan fingerprint density at radius 3 is 2.32 bits per heavy atom. The molecule has 210 valence electrons. The lowest BCUT2D eigenvalue weighted by Crippen LogP contribution is -2.36. The summed E-state index contributed by atoms with van der Waals surface area (Å²) in [5.41, 5.74) is 11.0. The lowest BCUT2D eigenvalue weighted by Gasteiger charge is -2.37. The molecule has 7 nitrogen and oxygen atoms in total. The van der Waals surface area contributed by atoms with Gasteiger partial charge in [-0.1, -0.05) is 50.2 Å². The number of hydrogen-bond acceptors (Lipinski definition) is 6. The summed E-state index contributed by atoms with van der Waals surface area (Å²) in [7, 11) is 1.64. The molecular weight excluding hydrogens is 516 g/mol. The molecule has 4 aromatic rings. The Hall–Kier alpha value is -4.33. The van der Waals surface area contributed by atoms with Crippen molar-refractivity contribution in [3.8, 4) is 23.0 Å². The Morgan fingerprint density at radius 1 is 0.927 bits per heavy atom. The summed E-state index contributed by atoms with van der Waals surface area (Å²) in [6.07, 6.45) is 0.640. The number of carbonyl (C=O) groups excluding carboxylic acids is 1. The second-order valence-corrected chi connectivity index (χ2v) is 11.0. The number of nitrogens with two attached hydrogens (primary N) is 1. The van der Waals surface area contributed by atoms with Gasteiger partial charge in [-0.25, -0.2) is 0 Å². The van der Waals surface area contributed by atoms with Crippen LogP contribution in [0.5, 0.6) is 23.0 Å². The number of anilines is 1. The zero-order chi connectivity index (χ0) is 28.6. The van der Waals surface area contributed by atoms with Gasteiger partial charge < -0.3 is 30.0 Å². The quantitative estimate of drug-likeness (QED) is 0.260. The van der Waals surface area contributed by atoms with Crippen LogP contribution in [0.4, 0.5) is 5.69 Å². The smallest absolute Gasteiger partial charge is 0.241 e. The minimum Gasteiger partial charge on any atom is -0.497 e. The molecule has 0 saturated heterocycles. The molecule has 2 heterocycles. The van der Waals surface area contributed by atoms with E-state index in [-0.39, 0.29) is 5.91 Å². The fourth-order valence-electron chi connectivity index (χ4n) is 5.64. The zero-order valence-electron chi connectivity index (χ0n) is 23.5. The van der Waals surface area contributed by atoms with Crippen LogP contribution in [0, 0.1) is 5.92 Å². The van der Waals surface area contributed by atoms with Crippen LogP contribution in [-0.2, 0) is 28.3 Å². The standard InChI is InChI=1S/C34H34N2O5/c1-21(2)16-30(35)33(37)36-24-10-8-22(9-11-24)19-39-26-13-15-29-32(18-26)41-31-17-25(38-3)12-14-28(31)34(29)27-7-5-4-6-23(27)20-40-34/h4-15,17-18,21,30H,16,19-20,35H2,1-3H3,(H,36,37)/t30-,34?/m0/s1. The van der Waals surface area contributed by atoms with Gasteiger partial charge in [0.1, 0.15) is 29.6 Å². The van der Waals surface area contributed by atoms with Gasteiger partial charge in [0.15, 0.2) is 5.60 Å². The van der Waals surface area contributed by atoms with Crippen molar-refractivity contribution in [2.24, 2.45) is 11.7 Å². The summed E-state index contributed by atoms with van der Waals surface area (Å²) >= 11 is 0. The van der Waals surface area contributed by atoms with Gasteiger partial charge >= 0.3 is 0 Å². The fourth-order valence-corrected chi connectivity index (χ4v) is 5.64. The number of carbonyl (C=O) groups is 1. The molecule has 1 amide bonds. The highest BCUT2D eigenvalue weighted by Gasteiger charge is 2.49. The lowest BCUT2D eigenvalue weighted by molar-refractivity contribution is -0.117. The van der Waals surface area contributed by atoms with E-state index in [9.17, 15) is 4.79 Å². The summed E-state index contributed by atoms with van der Waals surface area (Å²) in [6, 6.07) is 27.1. The van der Waals surface area contributed by atoms with Gasteiger partial charge in [0, 0.05) is 28.9 Å². The second kappa shape index (κ2) is 10.9. The third-order valence-corrected chi connectivity index (χ3v) is 7.65. The van der Waals surface area contributed by atoms with E-state index >= 15 is 0 Å². The molecule has 3 N–H and O–H groups in total. The monoisotopic (exact) mass is 550 g/mol. The molecule has 0 fully saturated rings. The number of methoxy groups -OCH3 is 1. The van der Waals surface area contributed by atoms with Gasteiger partial charge in [-0.15, -0.1) is 0 Å². The van der Waals surface area contributed by atoms with Gasteiger partial charge in [-0.3, -0.25) is 4.79 Å². The normalized spacial score (nSPS) is 17.3. The van der Waals surface area contributed by atoms with E-state index in [1.165, 1.54) is 0 Å². The number of hydrogen-bond donors (Lipinski definition) is 2. The van der Waals surface area contributed by atoms with Gasteiger partial charge in [0.25, 0.3) is 0 Å². The van der Waals surface area contributed by atoms with Crippen molar-refractivity contribution in [3.05, 3.63) is 113 Å². The van der Waals surface area contributed by atoms with E-state index in [2.05, 4.69) is 17.4 Å². The molecule has 0 bridgehead atoms. The van der Waals surface area contributed by atoms with Crippen molar-refractivity contribution in [1.29, 1.82) is 0 Å². The topological polar surface area (TPSA) is 92.0 Å². The first-order chi connectivity index (χ1) is 19.9. The van der Waals surface area contributed by atoms with E-state index in [0.717, 1.165) is 27.8 Å². The fraction of sp³-hybridized carbons (Fsp3) is 0.265.